The molecule has 118 valence electrons. The van der Waals surface area contributed by atoms with E-state index >= 15 is 0 Å². The van der Waals surface area contributed by atoms with Crippen LogP contribution in [0.4, 0.5) is 0 Å². The second-order valence-corrected chi connectivity index (χ2v) is 6.44. The minimum Gasteiger partial charge on any atom is -0.392 e. The average molecular weight is 332 g/mol. The molecule has 21 heavy (non-hydrogen) atoms. The van der Waals surface area contributed by atoms with Crippen LogP contribution in [0.2, 0.25) is 10.0 Å². The van der Waals surface area contributed by atoms with Crippen LogP contribution in [0, 0.1) is 0 Å². The zero-order valence-corrected chi connectivity index (χ0v) is 13.9. The van der Waals surface area contributed by atoms with Gasteiger partial charge in [-0.25, -0.2) is 0 Å². The Morgan fingerprint density at radius 2 is 2.00 bits per heavy atom. The molecule has 1 N–H and O–H groups in total. The molecule has 2 rings (SSSR count). The number of hydrogen-bond donors (Lipinski definition) is 1. The first kappa shape index (κ1) is 17.0. The van der Waals surface area contributed by atoms with Crippen molar-refractivity contribution in [2.24, 2.45) is 0 Å². The lowest BCUT2D eigenvalue weighted by Crippen LogP contribution is -2.40. The molecule has 1 heterocycles. The third kappa shape index (κ3) is 5.42. The summed E-state index contributed by atoms with van der Waals surface area (Å²) in [7, 11) is 0. The van der Waals surface area contributed by atoms with E-state index in [-0.39, 0.29) is 12.2 Å². The summed E-state index contributed by atoms with van der Waals surface area (Å²) in [6.07, 6.45) is 2.91. The van der Waals surface area contributed by atoms with Crippen LogP contribution in [0.1, 0.15) is 31.7 Å². The highest BCUT2D eigenvalue weighted by molar-refractivity contribution is 6.42. The maximum absolute atomic E-state index is 9.68. The maximum atomic E-state index is 9.68. The fourth-order valence-corrected chi connectivity index (χ4v) is 2.85. The fraction of sp³-hybridized carbons (Fsp3) is 0.625. The number of piperidine rings is 1. The Hall–Kier alpha value is -0.320. The number of aliphatic hydroxyl groups is 1. The second kappa shape index (κ2) is 8.35. The predicted octanol–water partition coefficient (Wildman–Crippen LogP) is 3.75. The molecule has 1 aromatic carbocycles. The zero-order valence-electron chi connectivity index (χ0n) is 12.4. The first-order valence-corrected chi connectivity index (χ1v) is 8.30. The van der Waals surface area contributed by atoms with Gasteiger partial charge in [0.1, 0.15) is 0 Å². The first-order valence-electron chi connectivity index (χ1n) is 7.54. The molecule has 0 saturated carbocycles. The number of rotatable bonds is 6. The molecule has 0 spiro atoms. The minimum absolute atomic E-state index is 0.210. The lowest BCUT2D eigenvalue weighted by molar-refractivity contribution is -0.0109. The predicted molar refractivity (Wildman–Crippen MR) is 87.0 cm³/mol. The maximum Gasteiger partial charge on any atom is 0.0721 e. The summed E-state index contributed by atoms with van der Waals surface area (Å²) in [6, 6.07) is 5.61. The van der Waals surface area contributed by atoms with Crippen molar-refractivity contribution in [2.45, 2.75) is 45.0 Å². The van der Waals surface area contributed by atoms with Gasteiger partial charge < -0.3 is 14.7 Å². The number of ether oxygens (including phenoxy) is 1. The van der Waals surface area contributed by atoms with Gasteiger partial charge in [0.05, 0.1) is 28.9 Å². The highest BCUT2D eigenvalue weighted by Gasteiger charge is 2.21. The van der Waals surface area contributed by atoms with Crippen LogP contribution >= 0.6 is 23.2 Å². The number of halogens is 2. The number of β-amino-alcohol motifs (C(OH)–C–C–N with tert-alkyl or cyclic N) is 1. The third-order valence-corrected chi connectivity index (χ3v) is 4.68. The summed E-state index contributed by atoms with van der Waals surface area (Å²) in [5.41, 5.74) is 1.05. The van der Waals surface area contributed by atoms with Gasteiger partial charge in [-0.3, -0.25) is 0 Å². The number of benzene rings is 1. The summed E-state index contributed by atoms with van der Waals surface area (Å²) in [4.78, 5) is 2.31. The Morgan fingerprint density at radius 1 is 1.29 bits per heavy atom. The Labute approximate surface area is 136 Å². The molecule has 0 aliphatic carbocycles. The van der Waals surface area contributed by atoms with Crippen molar-refractivity contribution in [1.29, 1.82) is 0 Å². The number of hydrogen-bond acceptors (Lipinski definition) is 3. The van der Waals surface area contributed by atoms with E-state index in [1.54, 1.807) is 6.07 Å². The van der Waals surface area contributed by atoms with E-state index in [2.05, 4.69) is 4.90 Å². The van der Waals surface area contributed by atoms with E-state index in [0.29, 0.717) is 16.7 Å². The Kier molecular flexibility index (Phi) is 6.77. The normalized spacial score (nSPS) is 18.9. The van der Waals surface area contributed by atoms with Crippen molar-refractivity contribution in [1.82, 2.24) is 4.90 Å². The molecular weight excluding hydrogens is 309 g/mol. The molecule has 1 aliphatic heterocycles. The molecule has 0 aromatic heterocycles. The molecule has 0 amide bonds. The fourth-order valence-electron chi connectivity index (χ4n) is 2.53. The molecule has 1 atom stereocenters. The highest BCUT2D eigenvalue weighted by atomic mass is 35.5. The van der Waals surface area contributed by atoms with Gasteiger partial charge in [-0.1, -0.05) is 36.2 Å². The highest BCUT2D eigenvalue weighted by Crippen LogP contribution is 2.24. The zero-order chi connectivity index (χ0) is 15.2. The van der Waals surface area contributed by atoms with Crippen LogP contribution in [-0.4, -0.2) is 41.8 Å². The third-order valence-electron chi connectivity index (χ3n) is 3.94. The van der Waals surface area contributed by atoms with Crippen molar-refractivity contribution >= 4 is 23.2 Å². The van der Waals surface area contributed by atoms with E-state index in [1.165, 1.54) is 0 Å². The summed E-state index contributed by atoms with van der Waals surface area (Å²) in [6.45, 7) is 5.33. The van der Waals surface area contributed by atoms with Crippen LogP contribution in [0.3, 0.4) is 0 Å². The van der Waals surface area contributed by atoms with Crippen LogP contribution < -0.4 is 0 Å². The van der Waals surface area contributed by atoms with Gasteiger partial charge in [0.25, 0.3) is 0 Å². The second-order valence-electron chi connectivity index (χ2n) is 5.62. The molecule has 1 aromatic rings. The van der Waals surface area contributed by atoms with E-state index in [1.807, 2.05) is 19.1 Å². The molecule has 0 bridgehead atoms. The molecule has 1 aliphatic rings. The largest absolute Gasteiger partial charge is 0.392 e. The van der Waals surface area contributed by atoms with Crippen molar-refractivity contribution in [3.8, 4) is 0 Å². The smallest absolute Gasteiger partial charge is 0.0721 e. The van der Waals surface area contributed by atoms with E-state index in [0.717, 1.165) is 44.5 Å². The van der Waals surface area contributed by atoms with Crippen LogP contribution in [0.5, 0.6) is 0 Å². The summed E-state index contributed by atoms with van der Waals surface area (Å²) < 4.78 is 5.95. The van der Waals surface area contributed by atoms with Gasteiger partial charge in [-0.15, -0.1) is 0 Å². The molecule has 3 nitrogen and oxygen atoms in total. The SMILES string of the molecule is CC[C@@H](O)CN1CCC(OCc2ccc(Cl)c(Cl)c2)CC1. The molecule has 5 heteroatoms. The number of likely N-dealkylation sites (tertiary alicyclic amines) is 1. The van der Waals surface area contributed by atoms with E-state index in [9.17, 15) is 5.11 Å². The molecule has 1 saturated heterocycles. The summed E-state index contributed by atoms with van der Waals surface area (Å²) >= 11 is 11.9. The minimum atomic E-state index is -0.210. The summed E-state index contributed by atoms with van der Waals surface area (Å²) in [5.74, 6) is 0. The van der Waals surface area contributed by atoms with Crippen LogP contribution in [0.15, 0.2) is 18.2 Å². The molecule has 1 fully saturated rings. The van der Waals surface area contributed by atoms with Gasteiger partial charge in [0, 0.05) is 19.6 Å². The molecular formula is C16H23Cl2NO2. The summed E-state index contributed by atoms with van der Waals surface area (Å²) in [5, 5.41) is 10.8. The monoisotopic (exact) mass is 331 g/mol. The van der Waals surface area contributed by atoms with Gasteiger partial charge in [-0.2, -0.15) is 0 Å². The van der Waals surface area contributed by atoms with Gasteiger partial charge in [0.2, 0.25) is 0 Å². The standard InChI is InChI=1S/C16H23Cl2NO2/c1-2-13(20)10-19-7-5-14(6-8-19)21-11-12-3-4-15(17)16(18)9-12/h3-4,9,13-14,20H,2,5-8,10-11H2,1H3/t13-/m1/s1. The van der Waals surface area contributed by atoms with Crippen molar-refractivity contribution in [3.63, 3.8) is 0 Å². The Bertz CT molecular complexity index is 448. The van der Waals surface area contributed by atoms with Crippen LogP contribution in [0.25, 0.3) is 0 Å². The van der Waals surface area contributed by atoms with E-state index in [4.69, 9.17) is 27.9 Å². The first-order chi connectivity index (χ1) is 10.1. The van der Waals surface area contributed by atoms with E-state index < -0.39 is 0 Å². The Morgan fingerprint density at radius 3 is 2.62 bits per heavy atom. The lowest BCUT2D eigenvalue weighted by Gasteiger charge is -2.33. The van der Waals surface area contributed by atoms with Crippen LogP contribution in [-0.2, 0) is 11.3 Å². The van der Waals surface area contributed by atoms with Crippen molar-refractivity contribution < 1.29 is 9.84 Å². The average Bonchev–Trinajstić information content (AvgIpc) is 2.50. The quantitative estimate of drug-likeness (QED) is 0.861. The topological polar surface area (TPSA) is 32.7 Å². The van der Waals surface area contributed by atoms with Gasteiger partial charge in [0.15, 0.2) is 0 Å². The van der Waals surface area contributed by atoms with Crippen molar-refractivity contribution in [2.75, 3.05) is 19.6 Å². The lowest BCUT2D eigenvalue weighted by atomic mass is 10.1. The molecule has 0 unspecified atom stereocenters. The Balaban J connectivity index is 1.72. The number of nitrogens with zero attached hydrogens (tertiary/aromatic N) is 1. The number of aliphatic hydroxyl groups excluding tert-OH is 1. The molecule has 0 radical (unpaired) electrons. The van der Waals surface area contributed by atoms with Gasteiger partial charge >= 0.3 is 0 Å². The van der Waals surface area contributed by atoms with Gasteiger partial charge in [-0.05, 0) is 37.0 Å². The van der Waals surface area contributed by atoms with Crippen molar-refractivity contribution in [3.05, 3.63) is 33.8 Å².